The molecule has 3 heteroatoms. The average molecular weight is 210 g/mol. The number of thiazole rings is 1. The van der Waals surface area contributed by atoms with Crippen LogP contribution >= 0.6 is 11.3 Å². The summed E-state index contributed by atoms with van der Waals surface area (Å²) in [6.07, 6.45) is 5.16. The summed E-state index contributed by atoms with van der Waals surface area (Å²) < 4.78 is 0. The van der Waals surface area contributed by atoms with Crippen LogP contribution in [0.25, 0.3) is 0 Å². The molecule has 14 heavy (non-hydrogen) atoms. The molecule has 1 aliphatic rings. The molecule has 1 heterocycles. The van der Waals surface area contributed by atoms with E-state index in [-0.39, 0.29) is 0 Å². The molecule has 0 aliphatic heterocycles. The molecule has 2 rings (SSSR count). The smallest absolute Gasteiger partial charge is 0.183 e. The Morgan fingerprint density at radius 2 is 2.36 bits per heavy atom. The number of hydrogen-bond acceptors (Lipinski definition) is 3. The molecule has 0 saturated carbocycles. The SMILES string of the molecule is CCNc1nc2c(s1)CCCC2CC. The number of fused-ring (bicyclic) bond motifs is 1. The highest BCUT2D eigenvalue weighted by Crippen LogP contribution is 2.37. The molecule has 1 atom stereocenters. The maximum Gasteiger partial charge on any atom is 0.183 e. The molecule has 0 fully saturated rings. The highest BCUT2D eigenvalue weighted by atomic mass is 32.1. The van der Waals surface area contributed by atoms with Crippen LogP contribution in [0.15, 0.2) is 0 Å². The Morgan fingerprint density at radius 1 is 1.50 bits per heavy atom. The van der Waals surface area contributed by atoms with E-state index in [0.29, 0.717) is 0 Å². The lowest BCUT2D eigenvalue weighted by Crippen LogP contribution is -2.07. The highest BCUT2D eigenvalue weighted by molar-refractivity contribution is 7.15. The van der Waals surface area contributed by atoms with Crippen molar-refractivity contribution in [2.45, 2.75) is 45.4 Å². The van der Waals surface area contributed by atoms with E-state index in [1.807, 2.05) is 11.3 Å². The Hall–Kier alpha value is -0.570. The molecular weight excluding hydrogens is 192 g/mol. The topological polar surface area (TPSA) is 24.9 Å². The van der Waals surface area contributed by atoms with Gasteiger partial charge in [-0.2, -0.15) is 0 Å². The molecular formula is C11H18N2S. The minimum absolute atomic E-state index is 0.724. The summed E-state index contributed by atoms with van der Waals surface area (Å²) in [5.41, 5.74) is 1.39. The Bertz CT molecular complexity index is 306. The summed E-state index contributed by atoms with van der Waals surface area (Å²) in [5, 5.41) is 4.44. The molecule has 0 radical (unpaired) electrons. The molecule has 0 bridgehead atoms. The maximum absolute atomic E-state index is 4.70. The molecule has 1 aromatic heterocycles. The van der Waals surface area contributed by atoms with Crippen LogP contribution in [0.3, 0.4) is 0 Å². The largest absolute Gasteiger partial charge is 0.362 e. The third-order valence-electron chi connectivity index (χ3n) is 2.89. The number of aromatic nitrogens is 1. The summed E-state index contributed by atoms with van der Waals surface area (Å²) in [7, 11) is 0. The van der Waals surface area contributed by atoms with Gasteiger partial charge in [-0.25, -0.2) is 4.98 Å². The van der Waals surface area contributed by atoms with E-state index in [0.717, 1.165) is 17.6 Å². The van der Waals surface area contributed by atoms with Gasteiger partial charge in [-0.05, 0) is 32.6 Å². The van der Waals surface area contributed by atoms with Crippen molar-refractivity contribution in [3.05, 3.63) is 10.6 Å². The van der Waals surface area contributed by atoms with Crippen molar-refractivity contribution in [3.63, 3.8) is 0 Å². The first kappa shape index (κ1) is 9.97. The van der Waals surface area contributed by atoms with Gasteiger partial charge < -0.3 is 5.32 Å². The van der Waals surface area contributed by atoms with Crippen molar-refractivity contribution in [1.29, 1.82) is 0 Å². The summed E-state index contributed by atoms with van der Waals surface area (Å²) in [4.78, 5) is 6.23. The standard InChI is InChI=1S/C11H18N2S/c1-3-8-6-5-7-9-10(8)13-11(14-9)12-4-2/h8H,3-7H2,1-2H3,(H,12,13). The van der Waals surface area contributed by atoms with Gasteiger partial charge >= 0.3 is 0 Å². The van der Waals surface area contributed by atoms with E-state index in [1.165, 1.54) is 36.3 Å². The van der Waals surface area contributed by atoms with Crippen molar-refractivity contribution < 1.29 is 0 Å². The molecule has 0 saturated heterocycles. The fraction of sp³-hybridized carbons (Fsp3) is 0.727. The number of nitrogens with zero attached hydrogens (tertiary/aromatic N) is 1. The van der Waals surface area contributed by atoms with Gasteiger partial charge in [-0.3, -0.25) is 0 Å². The van der Waals surface area contributed by atoms with Crippen molar-refractivity contribution in [2.24, 2.45) is 0 Å². The molecule has 0 aromatic carbocycles. The van der Waals surface area contributed by atoms with E-state index < -0.39 is 0 Å². The quantitative estimate of drug-likeness (QED) is 0.827. The second kappa shape index (κ2) is 4.30. The lowest BCUT2D eigenvalue weighted by atomic mass is 9.89. The predicted molar refractivity (Wildman–Crippen MR) is 62.2 cm³/mol. The Morgan fingerprint density at radius 3 is 3.07 bits per heavy atom. The van der Waals surface area contributed by atoms with Gasteiger partial charge in [0.25, 0.3) is 0 Å². The van der Waals surface area contributed by atoms with Crippen LogP contribution in [-0.4, -0.2) is 11.5 Å². The maximum atomic E-state index is 4.70. The number of nitrogens with one attached hydrogen (secondary N) is 1. The van der Waals surface area contributed by atoms with E-state index in [1.54, 1.807) is 0 Å². The first-order valence-corrected chi connectivity index (χ1v) is 6.40. The molecule has 0 amide bonds. The zero-order valence-corrected chi connectivity index (χ0v) is 9.78. The van der Waals surface area contributed by atoms with Gasteiger partial charge in [0.2, 0.25) is 0 Å². The zero-order valence-electron chi connectivity index (χ0n) is 8.97. The molecule has 2 nitrogen and oxygen atoms in total. The van der Waals surface area contributed by atoms with Crippen LogP contribution in [0.1, 0.15) is 49.6 Å². The van der Waals surface area contributed by atoms with Crippen molar-refractivity contribution in [1.82, 2.24) is 4.98 Å². The van der Waals surface area contributed by atoms with E-state index in [2.05, 4.69) is 19.2 Å². The van der Waals surface area contributed by atoms with Crippen molar-refractivity contribution >= 4 is 16.5 Å². The second-order valence-electron chi connectivity index (χ2n) is 3.86. The fourth-order valence-corrected chi connectivity index (χ4v) is 3.29. The Kier molecular flexibility index (Phi) is 3.06. The van der Waals surface area contributed by atoms with E-state index in [4.69, 9.17) is 4.98 Å². The predicted octanol–water partition coefficient (Wildman–Crippen LogP) is 3.40. The van der Waals surface area contributed by atoms with E-state index in [9.17, 15) is 0 Å². The molecule has 1 unspecified atom stereocenters. The third kappa shape index (κ3) is 1.78. The first-order chi connectivity index (χ1) is 6.85. The van der Waals surface area contributed by atoms with Gasteiger partial charge in [-0.1, -0.05) is 6.92 Å². The van der Waals surface area contributed by atoms with Gasteiger partial charge in [0.15, 0.2) is 5.13 Å². The number of aryl methyl sites for hydroxylation is 1. The van der Waals surface area contributed by atoms with E-state index >= 15 is 0 Å². The Balaban J connectivity index is 2.24. The second-order valence-corrected chi connectivity index (χ2v) is 4.94. The molecule has 0 spiro atoms. The molecule has 1 aliphatic carbocycles. The third-order valence-corrected chi connectivity index (χ3v) is 3.98. The molecule has 1 N–H and O–H groups in total. The van der Waals surface area contributed by atoms with Crippen LogP contribution in [0, 0.1) is 0 Å². The lowest BCUT2D eigenvalue weighted by Gasteiger charge is -2.18. The number of hydrogen-bond donors (Lipinski definition) is 1. The van der Waals surface area contributed by atoms with Gasteiger partial charge in [0.05, 0.1) is 5.69 Å². The summed E-state index contributed by atoms with van der Waals surface area (Å²) in [6.45, 7) is 5.37. The van der Waals surface area contributed by atoms with Crippen molar-refractivity contribution in [2.75, 3.05) is 11.9 Å². The minimum Gasteiger partial charge on any atom is -0.362 e. The van der Waals surface area contributed by atoms with Crippen LogP contribution in [-0.2, 0) is 6.42 Å². The zero-order chi connectivity index (χ0) is 9.97. The average Bonchev–Trinajstić information content (AvgIpc) is 2.60. The van der Waals surface area contributed by atoms with Crippen LogP contribution < -0.4 is 5.32 Å². The van der Waals surface area contributed by atoms with Gasteiger partial charge in [0.1, 0.15) is 0 Å². The summed E-state index contributed by atoms with van der Waals surface area (Å²) in [5.74, 6) is 0.724. The lowest BCUT2D eigenvalue weighted by molar-refractivity contribution is 0.533. The Labute approximate surface area is 89.8 Å². The van der Waals surface area contributed by atoms with Crippen LogP contribution in [0.4, 0.5) is 5.13 Å². The minimum atomic E-state index is 0.724. The molecule has 1 aromatic rings. The van der Waals surface area contributed by atoms with Crippen molar-refractivity contribution in [3.8, 4) is 0 Å². The first-order valence-electron chi connectivity index (χ1n) is 5.58. The van der Waals surface area contributed by atoms with Crippen LogP contribution in [0.2, 0.25) is 0 Å². The number of anilines is 1. The fourth-order valence-electron chi connectivity index (χ4n) is 2.13. The number of rotatable bonds is 3. The highest BCUT2D eigenvalue weighted by Gasteiger charge is 2.22. The van der Waals surface area contributed by atoms with Gasteiger partial charge in [0, 0.05) is 17.3 Å². The summed E-state index contributed by atoms with van der Waals surface area (Å²) in [6, 6.07) is 0. The van der Waals surface area contributed by atoms with Gasteiger partial charge in [-0.15, -0.1) is 11.3 Å². The monoisotopic (exact) mass is 210 g/mol. The normalized spacial score (nSPS) is 20.6. The van der Waals surface area contributed by atoms with Crippen LogP contribution in [0.5, 0.6) is 0 Å². The summed E-state index contributed by atoms with van der Waals surface area (Å²) >= 11 is 1.86. The molecule has 78 valence electrons.